The third-order valence-electron chi connectivity index (χ3n) is 2.80. The second kappa shape index (κ2) is 21.0. The Labute approximate surface area is 191 Å². The number of rotatable bonds is 11. The van der Waals surface area contributed by atoms with Gasteiger partial charge in [0.2, 0.25) is 0 Å². The largest absolute Gasteiger partial charge is 0.481 e. The normalized spacial score (nSPS) is 12.7. The van der Waals surface area contributed by atoms with Crippen LogP contribution in [0.15, 0.2) is 0 Å². The molecule has 0 heterocycles. The predicted octanol–water partition coefficient (Wildman–Crippen LogP) is -3.57. The monoisotopic (exact) mass is 502 g/mol. The first-order valence-electron chi connectivity index (χ1n) is 8.84. The lowest BCUT2D eigenvalue weighted by Crippen LogP contribution is -2.32. The molecule has 4 unspecified atom stereocenters. The lowest BCUT2D eigenvalue weighted by molar-refractivity contribution is -0.144. The van der Waals surface area contributed by atoms with E-state index in [4.69, 9.17) is 58.7 Å². The minimum absolute atomic E-state index is 0.0231. The van der Waals surface area contributed by atoms with E-state index in [9.17, 15) is 33.6 Å². The molecule has 18 nitrogen and oxygen atoms in total. The standard InChI is InChI=1S/C5H9NO4.2C4H7NO4.C3H7NO2/c6-3(5(9)10)1-2-4(7)8;2*5-2(4(8)9)1-3(6)7;1-2(4)3(5)6/h3H,1-2,6H2,(H,7,8)(H,9,10);2*2H,1,5H2,(H,6,7)(H,8,9);2H,4H2,1H3,(H,5,6). The van der Waals surface area contributed by atoms with Gasteiger partial charge in [0, 0.05) is 6.42 Å². The molecule has 0 rings (SSSR count). The Kier molecular flexibility index (Phi) is 23.1. The second-order valence-corrected chi connectivity index (χ2v) is 6.09. The van der Waals surface area contributed by atoms with E-state index in [1.807, 2.05) is 0 Å². The van der Waals surface area contributed by atoms with Crippen LogP contribution in [0, 0.1) is 0 Å². The molecule has 0 aliphatic rings. The van der Waals surface area contributed by atoms with E-state index in [1.54, 1.807) is 0 Å². The predicted molar refractivity (Wildman–Crippen MR) is 109 cm³/mol. The Morgan fingerprint density at radius 2 is 0.794 bits per heavy atom. The summed E-state index contributed by atoms with van der Waals surface area (Å²) in [7, 11) is 0. The lowest BCUT2D eigenvalue weighted by Gasteiger charge is -2.01. The van der Waals surface area contributed by atoms with Gasteiger partial charge in [0.1, 0.15) is 24.2 Å². The van der Waals surface area contributed by atoms with Crippen LogP contribution in [0.3, 0.4) is 0 Å². The summed E-state index contributed by atoms with van der Waals surface area (Å²) in [5, 5.41) is 56.2. The van der Waals surface area contributed by atoms with Gasteiger partial charge in [0.15, 0.2) is 0 Å². The van der Waals surface area contributed by atoms with Gasteiger partial charge in [-0.05, 0) is 13.3 Å². The molecule has 0 spiro atoms. The first-order valence-corrected chi connectivity index (χ1v) is 8.84. The van der Waals surface area contributed by atoms with Crippen LogP contribution in [0.5, 0.6) is 0 Å². The number of aliphatic carboxylic acids is 7. The molecule has 0 amide bonds. The molecule has 34 heavy (non-hydrogen) atoms. The topological polar surface area (TPSA) is 365 Å². The lowest BCUT2D eigenvalue weighted by atomic mass is 10.2. The van der Waals surface area contributed by atoms with E-state index in [1.165, 1.54) is 6.92 Å². The summed E-state index contributed by atoms with van der Waals surface area (Å²) in [6.45, 7) is 1.42. The molecule has 18 heteroatoms. The van der Waals surface area contributed by atoms with Gasteiger partial charge in [0.05, 0.1) is 12.8 Å². The molecule has 0 aliphatic heterocycles. The first-order chi connectivity index (χ1) is 15.3. The third-order valence-corrected chi connectivity index (χ3v) is 2.80. The van der Waals surface area contributed by atoms with Crippen molar-refractivity contribution in [1.29, 1.82) is 0 Å². The van der Waals surface area contributed by atoms with Gasteiger partial charge in [-0.2, -0.15) is 0 Å². The van der Waals surface area contributed by atoms with Crippen LogP contribution in [0.2, 0.25) is 0 Å². The minimum atomic E-state index is -1.29. The summed E-state index contributed by atoms with van der Waals surface area (Å²) < 4.78 is 0. The molecule has 0 aliphatic carbocycles. The number of hydrogen-bond donors (Lipinski definition) is 11. The fraction of sp³-hybridized carbons (Fsp3) is 0.562. The highest BCUT2D eigenvalue weighted by atomic mass is 16.4. The molecule has 0 bridgehead atoms. The number of nitrogens with two attached hydrogens (primary N) is 4. The van der Waals surface area contributed by atoms with Crippen molar-refractivity contribution in [3.05, 3.63) is 0 Å². The summed E-state index contributed by atoms with van der Waals surface area (Å²) in [6, 6.07) is -4.37. The van der Waals surface area contributed by atoms with Gasteiger partial charge in [-0.3, -0.25) is 33.6 Å². The van der Waals surface area contributed by atoms with E-state index >= 15 is 0 Å². The van der Waals surface area contributed by atoms with Crippen molar-refractivity contribution in [2.75, 3.05) is 0 Å². The molecular weight excluding hydrogens is 472 g/mol. The van der Waals surface area contributed by atoms with Gasteiger partial charge in [-0.1, -0.05) is 0 Å². The van der Waals surface area contributed by atoms with Crippen LogP contribution in [0.4, 0.5) is 0 Å². The van der Waals surface area contributed by atoms with Crippen LogP contribution in [0.1, 0.15) is 32.6 Å². The molecule has 4 atom stereocenters. The van der Waals surface area contributed by atoms with Crippen LogP contribution in [-0.4, -0.2) is 102 Å². The highest BCUT2D eigenvalue weighted by molar-refractivity contribution is 5.80. The van der Waals surface area contributed by atoms with Crippen LogP contribution in [0.25, 0.3) is 0 Å². The first kappa shape index (κ1) is 37.4. The molecule has 0 saturated carbocycles. The quantitative estimate of drug-likeness (QED) is 0.130. The van der Waals surface area contributed by atoms with Crippen molar-refractivity contribution < 1.29 is 69.3 Å². The van der Waals surface area contributed by atoms with Crippen molar-refractivity contribution in [2.45, 2.75) is 56.8 Å². The zero-order valence-electron chi connectivity index (χ0n) is 17.9. The molecule has 0 saturated heterocycles. The van der Waals surface area contributed by atoms with Gasteiger partial charge in [-0.25, -0.2) is 0 Å². The maximum atomic E-state index is 9.99. The number of carboxylic acid groups (broad SMARTS) is 7. The van der Waals surface area contributed by atoms with E-state index in [0.29, 0.717) is 0 Å². The van der Waals surface area contributed by atoms with E-state index in [2.05, 4.69) is 0 Å². The van der Waals surface area contributed by atoms with Crippen molar-refractivity contribution in [3.63, 3.8) is 0 Å². The minimum Gasteiger partial charge on any atom is -0.481 e. The van der Waals surface area contributed by atoms with Gasteiger partial charge in [-0.15, -0.1) is 0 Å². The molecule has 15 N–H and O–H groups in total. The Morgan fingerprint density at radius 3 is 0.912 bits per heavy atom. The fourth-order valence-electron chi connectivity index (χ4n) is 0.953. The van der Waals surface area contributed by atoms with Crippen molar-refractivity contribution in [3.8, 4) is 0 Å². The molecule has 0 radical (unpaired) electrons. The van der Waals surface area contributed by atoms with E-state index in [-0.39, 0.29) is 12.8 Å². The summed E-state index contributed by atoms with van der Waals surface area (Å²) >= 11 is 0. The smallest absolute Gasteiger partial charge is 0.321 e. The number of carbonyl (C=O) groups is 7. The Morgan fingerprint density at radius 1 is 0.529 bits per heavy atom. The van der Waals surface area contributed by atoms with Gasteiger partial charge in [0.25, 0.3) is 0 Å². The maximum Gasteiger partial charge on any atom is 0.321 e. The number of carboxylic acids is 7. The fourth-order valence-corrected chi connectivity index (χ4v) is 0.953. The van der Waals surface area contributed by atoms with Gasteiger partial charge < -0.3 is 58.7 Å². The zero-order valence-corrected chi connectivity index (χ0v) is 17.9. The highest BCUT2D eigenvalue weighted by Crippen LogP contribution is 1.93. The Balaban J connectivity index is -0.000000179. The average Bonchev–Trinajstić information content (AvgIpc) is 2.66. The summed E-state index contributed by atoms with van der Waals surface area (Å²) in [6.07, 6.45) is -1.29. The average molecular weight is 502 g/mol. The highest BCUT2D eigenvalue weighted by Gasteiger charge is 2.15. The SMILES string of the molecule is CC(N)C(=O)O.NC(CC(=O)O)C(=O)O.NC(CC(=O)O)C(=O)O.NC(CCC(=O)O)C(=O)O. The molecule has 0 aromatic carbocycles. The van der Waals surface area contributed by atoms with Crippen molar-refractivity contribution in [1.82, 2.24) is 0 Å². The Hall–Kier alpha value is -3.87. The van der Waals surface area contributed by atoms with Crippen molar-refractivity contribution in [2.24, 2.45) is 22.9 Å². The van der Waals surface area contributed by atoms with Crippen LogP contribution in [-0.2, 0) is 33.6 Å². The van der Waals surface area contributed by atoms with Crippen LogP contribution < -0.4 is 22.9 Å². The molecular formula is C16H30N4O14. The molecule has 0 fully saturated rings. The van der Waals surface area contributed by atoms with E-state index in [0.717, 1.165) is 0 Å². The summed E-state index contributed by atoms with van der Waals surface area (Å²) in [5.41, 5.74) is 19.5. The van der Waals surface area contributed by atoms with Gasteiger partial charge >= 0.3 is 41.8 Å². The zero-order chi connectivity index (χ0) is 28.2. The van der Waals surface area contributed by atoms with Crippen molar-refractivity contribution >= 4 is 41.8 Å². The Bertz CT molecular complexity index is 665. The summed E-state index contributed by atoms with van der Waals surface area (Å²) in [5.74, 6) is -8.16. The number of hydrogen-bond acceptors (Lipinski definition) is 11. The molecule has 0 aromatic heterocycles. The molecule has 0 aromatic rings. The maximum absolute atomic E-state index is 9.99. The second-order valence-electron chi connectivity index (χ2n) is 6.09. The van der Waals surface area contributed by atoms with E-state index < -0.39 is 78.8 Å². The van der Waals surface area contributed by atoms with Crippen LogP contribution >= 0.6 is 0 Å². The third kappa shape index (κ3) is 32.8. The summed E-state index contributed by atoms with van der Waals surface area (Å²) in [4.78, 5) is 68.7. The molecule has 198 valence electrons.